The zero-order valence-electron chi connectivity index (χ0n) is 15.0. The Morgan fingerprint density at radius 2 is 1.81 bits per heavy atom. The lowest BCUT2D eigenvalue weighted by Crippen LogP contribution is -2.46. The minimum atomic E-state index is -0.276. The molecule has 26 heavy (non-hydrogen) atoms. The normalized spacial score (nSPS) is 20.5. The van der Waals surface area contributed by atoms with Crippen LogP contribution in [0, 0.1) is 5.82 Å². The van der Waals surface area contributed by atoms with Gasteiger partial charge in [0.1, 0.15) is 11.6 Å². The molecule has 1 aliphatic rings. The molecule has 0 bridgehead atoms. The number of nitrogens with one attached hydrogen (secondary N) is 1. The molecule has 136 valence electrons. The van der Waals surface area contributed by atoms with E-state index >= 15 is 0 Å². The van der Waals surface area contributed by atoms with Gasteiger partial charge >= 0.3 is 0 Å². The Bertz CT molecular complexity index is 915. The number of rotatable bonds is 3. The van der Waals surface area contributed by atoms with Crippen LogP contribution >= 0.6 is 0 Å². The largest absolute Gasteiger partial charge is 0.372 e. The van der Waals surface area contributed by atoms with Crippen LogP contribution in [0.1, 0.15) is 13.8 Å². The van der Waals surface area contributed by atoms with E-state index in [-0.39, 0.29) is 18.0 Å². The summed E-state index contributed by atoms with van der Waals surface area (Å²) < 4.78 is 20.7. The first-order valence-corrected chi connectivity index (χ1v) is 8.62. The summed E-state index contributed by atoms with van der Waals surface area (Å²) in [5.41, 5.74) is 1.50. The van der Waals surface area contributed by atoms with Crippen molar-refractivity contribution in [3.05, 3.63) is 36.3 Å². The van der Waals surface area contributed by atoms with Gasteiger partial charge in [0, 0.05) is 25.8 Å². The van der Waals surface area contributed by atoms with Crippen molar-refractivity contribution >= 4 is 28.5 Å². The van der Waals surface area contributed by atoms with Gasteiger partial charge in [0.2, 0.25) is 5.95 Å². The van der Waals surface area contributed by atoms with Crippen molar-refractivity contribution < 1.29 is 9.13 Å². The zero-order valence-corrected chi connectivity index (χ0v) is 15.0. The van der Waals surface area contributed by atoms with Gasteiger partial charge in [-0.15, -0.1) is 0 Å². The Hall–Kier alpha value is -2.74. The number of aromatic nitrogens is 4. The fourth-order valence-corrected chi connectivity index (χ4v) is 3.26. The number of aryl methyl sites for hydroxylation is 1. The molecule has 0 saturated carbocycles. The van der Waals surface area contributed by atoms with Crippen molar-refractivity contribution in [1.29, 1.82) is 0 Å². The number of ether oxygens (including phenoxy) is 1. The maximum atomic E-state index is 13.2. The van der Waals surface area contributed by atoms with Crippen molar-refractivity contribution in [3.8, 4) is 0 Å². The van der Waals surface area contributed by atoms with E-state index < -0.39 is 0 Å². The SMILES string of the molecule is C[C@@H]1CN(c2nc(Nc3ccc(F)cc3)c3cnn(C)c3n2)C[C@H](C)O1. The first-order chi connectivity index (χ1) is 12.5. The molecule has 0 unspecified atom stereocenters. The average Bonchev–Trinajstić information content (AvgIpc) is 2.97. The standard InChI is InChI=1S/C18H21FN6O/c1-11-9-25(10-12(2)26-11)18-22-16(15-8-20-24(3)17(15)23-18)21-14-6-4-13(19)5-7-14/h4-8,11-12H,9-10H2,1-3H3,(H,21,22,23)/t11-,12+. The Morgan fingerprint density at radius 3 is 2.50 bits per heavy atom. The number of benzene rings is 1. The summed E-state index contributed by atoms with van der Waals surface area (Å²) in [7, 11) is 1.85. The maximum absolute atomic E-state index is 13.2. The van der Waals surface area contributed by atoms with E-state index in [0.29, 0.717) is 11.8 Å². The molecule has 2 aromatic heterocycles. The molecule has 0 amide bonds. The van der Waals surface area contributed by atoms with Crippen LogP contribution in [0.25, 0.3) is 11.0 Å². The van der Waals surface area contributed by atoms with Gasteiger partial charge in [-0.1, -0.05) is 0 Å². The molecular weight excluding hydrogens is 335 g/mol. The molecule has 0 spiro atoms. The predicted molar refractivity (Wildman–Crippen MR) is 98.2 cm³/mol. The van der Waals surface area contributed by atoms with E-state index in [1.807, 2.05) is 20.9 Å². The Labute approximate surface area is 150 Å². The van der Waals surface area contributed by atoms with E-state index in [2.05, 4.69) is 15.3 Å². The lowest BCUT2D eigenvalue weighted by atomic mass is 10.2. The fourth-order valence-electron chi connectivity index (χ4n) is 3.26. The van der Waals surface area contributed by atoms with Crippen LogP contribution in [0.15, 0.2) is 30.5 Å². The molecule has 3 heterocycles. The molecular formula is C18H21FN6O. The molecule has 3 aromatic rings. The highest BCUT2D eigenvalue weighted by Gasteiger charge is 2.25. The van der Waals surface area contributed by atoms with Gasteiger partial charge in [-0.2, -0.15) is 15.1 Å². The van der Waals surface area contributed by atoms with Crippen LogP contribution in [0.3, 0.4) is 0 Å². The van der Waals surface area contributed by atoms with Gasteiger partial charge in [0.15, 0.2) is 5.65 Å². The number of anilines is 3. The summed E-state index contributed by atoms with van der Waals surface area (Å²) in [5.74, 6) is 1.01. The van der Waals surface area contributed by atoms with Crippen molar-refractivity contribution in [2.45, 2.75) is 26.1 Å². The third-order valence-electron chi connectivity index (χ3n) is 4.39. The lowest BCUT2D eigenvalue weighted by molar-refractivity contribution is -0.00569. The topological polar surface area (TPSA) is 68.1 Å². The third-order valence-corrected chi connectivity index (χ3v) is 4.39. The number of morpholine rings is 1. The van der Waals surface area contributed by atoms with E-state index in [4.69, 9.17) is 14.7 Å². The minimum absolute atomic E-state index is 0.109. The van der Waals surface area contributed by atoms with E-state index in [1.165, 1.54) is 12.1 Å². The number of hydrogen-bond donors (Lipinski definition) is 1. The summed E-state index contributed by atoms with van der Waals surface area (Å²) in [6.07, 6.45) is 1.95. The summed E-state index contributed by atoms with van der Waals surface area (Å²) >= 11 is 0. The second-order valence-corrected chi connectivity index (χ2v) is 6.67. The Kier molecular flexibility index (Phi) is 4.20. The molecule has 1 aromatic carbocycles. The van der Waals surface area contributed by atoms with Crippen molar-refractivity contribution in [1.82, 2.24) is 19.7 Å². The predicted octanol–water partition coefficient (Wildman–Crippen LogP) is 2.86. The van der Waals surface area contributed by atoms with Crippen LogP contribution in [0.2, 0.25) is 0 Å². The van der Waals surface area contributed by atoms with Crippen LogP contribution in [0.5, 0.6) is 0 Å². The molecule has 1 saturated heterocycles. The Balaban J connectivity index is 1.75. The third kappa shape index (κ3) is 3.20. The Morgan fingerprint density at radius 1 is 1.12 bits per heavy atom. The van der Waals surface area contributed by atoms with E-state index in [0.717, 1.165) is 29.8 Å². The number of fused-ring (bicyclic) bond motifs is 1. The van der Waals surface area contributed by atoms with Crippen LogP contribution in [-0.4, -0.2) is 45.0 Å². The van der Waals surface area contributed by atoms with Crippen molar-refractivity contribution in [2.75, 3.05) is 23.3 Å². The van der Waals surface area contributed by atoms with E-state index in [9.17, 15) is 4.39 Å². The van der Waals surface area contributed by atoms with Gasteiger partial charge in [-0.05, 0) is 38.1 Å². The maximum Gasteiger partial charge on any atom is 0.229 e. The molecule has 1 aliphatic heterocycles. The van der Waals surface area contributed by atoms with Crippen LogP contribution in [-0.2, 0) is 11.8 Å². The zero-order chi connectivity index (χ0) is 18.3. The number of hydrogen-bond acceptors (Lipinski definition) is 6. The first kappa shape index (κ1) is 16.7. The van der Waals surface area contributed by atoms with Gasteiger partial charge in [0.05, 0.1) is 23.8 Å². The average molecular weight is 356 g/mol. The monoisotopic (exact) mass is 356 g/mol. The molecule has 7 nitrogen and oxygen atoms in total. The van der Waals surface area contributed by atoms with Crippen molar-refractivity contribution in [2.24, 2.45) is 7.05 Å². The summed E-state index contributed by atoms with van der Waals surface area (Å²) in [4.78, 5) is 11.6. The van der Waals surface area contributed by atoms with Gasteiger partial charge in [-0.3, -0.25) is 4.68 Å². The lowest BCUT2D eigenvalue weighted by Gasteiger charge is -2.35. The highest BCUT2D eigenvalue weighted by atomic mass is 19.1. The number of halogens is 1. The quantitative estimate of drug-likeness (QED) is 0.778. The summed E-state index contributed by atoms with van der Waals surface area (Å²) in [6, 6.07) is 6.18. The van der Waals surface area contributed by atoms with Gasteiger partial charge < -0.3 is 15.0 Å². The van der Waals surface area contributed by atoms with E-state index in [1.54, 1.807) is 23.0 Å². The van der Waals surface area contributed by atoms with Gasteiger partial charge in [0.25, 0.3) is 0 Å². The summed E-state index contributed by atoms with van der Waals surface area (Å²) in [5, 5.41) is 8.37. The first-order valence-electron chi connectivity index (χ1n) is 8.62. The number of nitrogens with zero attached hydrogens (tertiary/aromatic N) is 5. The highest BCUT2D eigenvalue weighted by molar-refractivity contribution is 5.89. The van der Waals surface area contributed by atoms with Crippen LogP contribution in [0.4, 0.5) is 21.8 Å². The molecule has 1 fully saturated rings. The second kappa shape index (κ2) is 6.53. The molecule has 0 radical (unpaired) electrons. The van der Waals surface area contributed by atoms with Crippen LogP contribution < -0.4 is 10.2 Å². The highest BCUT2D eigenvalue weighted by Crippen LogP contribution is 2.27. The molecule has 1 N–H and O–H groups in total. The fraction of sp³-hybridized carbons (Fsp3) is 0.389. The van der Waals surface area contributed by atoms with Crippen molar-refractivity contribution in [3.63, 3.8) is 0 Å². The smallest absolute Gasteiger partial charge is 0.229 e. The second-order valence-electron chi connectivity index (χ2n) is 6.67. The minimum Gasteiger partial charge on any atom is -0.372 e. The summed E-state index contributed by atoms with van der Waals surface area (Å²) in [6.45, 7) is 5.54. The molecule has 2 atom stereocenters. The molecule has 4 rings (SSSR count). The van der Waals surface area contributed by atoms with Gasteiger partial charge in [-0.25, -0.2) is 4.39 Å². The molecule has 0 aliphatic carbocycles. The molecule has 8 heteroatoms.